The molecule has 0 bridgehead atoms. The lowest BCUT2D eigenvalue weighted by Gasteiger charge is -2.28. The predicted octanol–water partition coefficient (Wildman–Crippen LogP) is 3.31. The summed E-state index contributed by atoms with van der Waals surface area (Å²) in [4.78, 5) is 39.5. The number of hydrogen-bond acceptors (Lipinski definition) is 4. The molecule has 2 aliphatic heterocycles. The zero-order chi connectivity index (χ0) is 22.7. The quantitative estimate of drug-likeness (QED) is 0.651. The van der Waals surface area contributed by atoms with Gasteiger partial charge in [-0.25, -0.2) is 0 Å². The van der Waals surface area contributed by atoms with Crippen LogP contribution in [0.2, 0.25) is 0 Å². The van der Waals surface area contributed by atoms with Gasteiger partial charge in [-0.1, -0.05) is 32.0 Å². The molecule has 0 radical (unpaired) electrons. The molecule has 2 aromatic carbocycles. The molecule has 2 aliphatic rings. The zero-order valence-corrected chi connectivity index (χ0v) is 18.6. The van der Waals surface area contributed by atoms with Crippen molar-refractivity contribution >= 4 is 23.4 Å². The molecule has 0 saturated carbocycles. The number of carbonyl (C=O) groups excluding carboxylic acids is 3. The van der Waals surface area contributed by atoms with Crippen LogP contribution in [-0.2, 0) is 4.79 Å². The molecule has 3 amide bonds. The van der Waals surface area contributed by atoms with E-state index >= 15 is 0 Å². The predicted molar refractivity (Wildman–Crippen MR) is 123 cm³/mol. The van der Waals surface area contributed by atoms with Crippen molar-refractivity contribution in [3.8, 4) is 0 Å². The molecule has 1 saturated heterocycles. The van der Waals surface area contributed by atoms with Crippen LogP contribution in [0, 0.1) is 5.92 Å². The van der Waals surface area contributed by atoms with Crippen LogP contribution in [0.5, 0.6) is 0 Å². The Hall–Kier alpha value is -3.35. The minimum atomic E-state index is -0.492. The SMILES string of the molecule is CC(C)CN1C(=O)c2ccccc2C1Nc1ccc(C(=O)NC2CCCCNC2=O)cc1. The molecule has 3 N–H and O–H groups in total. The number of hydrogen-bond donors (Lipinski definition) is 3. The number of amides is 3. The molecular weight excluding hydrogens is 404 g/mol. The Balaban J connectivity index is 1.47. The largest absolute Gasteiger partial charge is 0.361 e. The van der Waals surface area contributed by atoms with Crippen LogP contribution in [0.15, 0.2) is 48.5 Å². The number of nitrogens with zero attached hydrogens (tertiary/aromatic N) is 1. The van der Waals surface area contributed by atoms with Crippen molar-refractivity contribution in [3.05, 3.63) is 65.2 Å². The topological polar surface area (TPSA) is 90.5 Å². The van der Waals surface area contributed by atoms with Crippen molar-refractivity contribution in [1.29, 1.82) is 0 Å². The fraction of sp³-hybridized carbons (Fsp3) is 0.400. The lowest BCUT2D eigenvalue weighted by Crippen LogP contribution is -2.45. The lowest BCUT2D eigenvalue weighted by atomic mass is 10.1. The van der Waals surface area contributed by atoms with Gasteiger partial charge in [0.15, 0.2) is 0 Å². The van der Waals surface area contributed by atoms with Crippen molar-refractivity contribution < 1.29 is 14.4 Å². The van der Waals surface area contributed by atoms with E-state index in [0.717, 1.165) is 29.7 Å². The first-order valence-corrected chi connectivity index (χ1v) is 11.3. The molecule has 7 nitrogen and oxygen atoms in total. The van der Waals surface area contributed by atoms with Crippen LogP contribution in [0.3, 0.4) is 0 Å². The number of benzene rings is 2. The summed E-state index contributed by atoms with van der Waals surface area (Å²) >= 11 is 0. The van der Waals surface area contributed by atoms with Crippen LogP contribution in [0.4, 0.5) is 5.69 Å². The van der Waals surface area contributed by atoms with Gasteiger partial charge in [0, 0.05) is 35.5 Å². The first kappa shape index (κ1) is 21.9. The summed E-state index contributed by atoms with van der Waals surface area (Å²) in [6.07, 6.45) is 2.23. The van der Waals surface area contributed by atoms with Crippen LogP contribution >= 0.6 is 0 Å². The van der Waals surface area contributed by atoms with Gasteiger partial charge in [0.25, 0.3) is 11.8 Å². The second kappa shape index (κ2) is 9.42. The molecule has 2 heterocycles. The summed E-state index contributed by atoms with van der Waals surface area (Å²) in [5.74, 6) is -0.0142. The molecular formula is C25H30N4O3. The molecule has 1 fully saturated rings. The summed E-state index contributed by atoms with van der Waals surface area (Å²) in [6, 6.07) is 14.3. The van der Waals surface area contributed by atoms with Crippen LogP contribution in [-0.4, -0.2) is 41.8 Å². The van der Waals surface area contributed by atoms with Crippen LogP contribution < -0.4 is 16.0 Å². The maximum absolute atomic E-state index is 12.9. The third-order valence-corrected chi connectivity index (χ3v) is 5.91. The molecule has 168 valence electrons. The number of carbonyl (C=O) groups is 3. The standard InChI is InChI=1S/C25H30N4O3/c1-16(2)15-29-22(19-7-3-4-8-20(19)25(29)32)27-18-12-10-17(11-13-18)23(30)28-21-9-5-6-14-26-24(21)31/h3-4,7-8,10-13,16,21-22,27H,5-6,9,14-15H2,1-2H3,(H,26,31)(H,28,30). The zero-order valence-electron chi connectivity index (χ0n) is 18.6. The van der Waals surface area contributed by atoms with Crippen molar-refractivity contribution in [2.75, 3.05) is 18.4 Å². The number of nitrogens with one attached hydrogen (secondary N) is 3. The smallest absolute Gasteiger partial charge is 0.256 e. The Kier molecular flexibility index (Phi) is 6.44. The Morgan fingerprint density at radius 3 is 2.59 bits per heavy atom. The van der Waals surface area contributed by atoms with E-state index in [2.05, 4.69) is 29.8 Å². The second-order valence-electron chi connectivity index (χ2n) is 8.88. The molecule has 0 aromatic heterocycles. The minimum absolute atomic E-state index is 0.0319. The van der Waals surface area contributed by atoms with E-state index in [1.54, 1.807) is 12.1 Å². The average molecular weight is 435 g/mol. The van der Waals surface area contributed by atoms with Gasteiger partial charge < -0.3 is 20.9 Å². The molecule has 4 rings (SSSR count). The second-order valence-corrected chi connectivity index (χ2v) is 8.88. The molecule has 0 aliphatic carbocycles. The summed E-state index contributed by atoms with van der Waals surface area (Å²) < 4.78 is 0. The number of rotatable bonds is 6. The summed E-state index contributed by atoms with van der Waals surface area (Å²) in [5.41, 5.74) is 2.99. The normalized spacial score (nSPS) is 20.5. The Bertz CT molecular complexity index is 1000. The van der Waals surface area contributed by atoms with Gasteiger partial charge in [0.1, 0.15) is 12.2 Å². The van der Waals surface area contributed by atoms with Gasteiger partial charge in [-0.15, -0.1) is 0 Å². The summed E-state index contributed by atoms with van der Waals surface area (Å²) in [5, 5.41) is 9.13. The Morgan fingerprint density at radius 2 is 1.84 bits per heavy atom. The fourth-order valence-electron chi connectivity index (χ4n) is 4.30. The van der Waals surface area contributed by atoms with E-state index in [9.17, 15) is 14.4 Å². The van der Waals surface area contributed by atoms with E-state index < -0.39 is 6.04 Å². The van der Waals surface area contributed by atoms with E-state index in [1.807, 2.05) is 41.3 Å². The number of fused-ring (bicyclic) bond motifs is 1. The Labute approximate surface area is 188 Å². The molecule has 7 heteroatoms. The molecule has 2 unspecified atom stereocenters. The van der Waals surface area contributed by atoms with Gasteiger partial charge in [-0.2, -0.15) is 0 Å². The van der Waals surface area contributed by atoms with Gasteiger partial charge >= 0.3 is 0 Å². The van der Waals surface area contributed by atoms with Gasteiger partial charge in [0.2, 0.25) is 5.91 Å². The lowest BCUT2D eigenvalue weighted by molar-refractivity contribution is -0.122. The van der Waals surface area contributed by atoms with Gasteiger partial charge in [0.05, 0.1) is 0 Å². The molecule has 32 heavy (non-hydrogen) atoms. The van der Waals surface area contributed by atoms with E-state index in [-0.39, 0.29) is 23.9 Å². The molecule has 0 spiro atoms. The highest BCUT2D eigenvalue weighted by Gasteiger charge is 2.36. The van der Waals surface area contributed by atoms with E-state index in [1.165, 1.54) is 0 Å². The Morgan fingerprint density at radius 1 is 1.09 bits per heavy atom. The van der Waals surface area contributed by atoms with Crippen molar-refractivity contribution in [2.45, 2.75) is 45.3 Å². The van der Waals surface area contributed by atoms with Crippen molar-refractivity contribution in [2.24, 2.45) is 5.92 Å². The highest BCUT2D eigenvalue weighted by atomic mass is 16.2. The first-order valence-electron chi connectivity index (χ1n) is 11.3. The fourth-order valence-corrected chi connectivity index (χ4v) is 4.30. The minimum Gasteiger partial charge on any atom is -0.361 e. The highest BCUT2D eigenvalue weighted by Crippen LogP contribution is 2.34. The first-order chi connectivity index (χ1) is 15.4. The van der Waals surface area contributed by atoms with Gasteiger partial charge in [-0.3, -0.25) is 14.4 Å². The third-order valence-electron chi connectivity index (χ3n) is 5.91. The molecule has 2 aromatic rings. The monoisotopic (exact) mass is 434 g/mol. The van der Waals surface area contributed by atoms with Crippen LogP contribution in [0.25, 0.3) is 0 Å². The maximum Gasteiger partial charge on any atom is 0.256 e. The van der Waals surface area contributed by atoms with E-state index in [0.29, 0.717) is 31.0 Å². The molecule has 2 atom stereocenters. The van der Waals surface area contributed by atoms with E-state index in [4.69, 9.17) is 0 Å². The van der Waals surface area contributed by atoms with Gasteiger partial charge in [-0.05, 0) is 55.5 Å². The number of anilines is 1. The average Bonchev–Trinajstić information content (AvgIpc) is 2.90. The van der Waals surface area contributed by atoms with Crippen molar-refractivity contribution in [3.63, 3.8) is 0 Å². The van der Waals surface area contributed by atoms with Crippen molar-refractivity contribution in [1.82, 2.24) is 15.5 Å². The highest BCUT2D eigenvalue weighted by molar-refractivity contribution is 6.00. The third kappa shape index (κ3) is 4.61. The summed E-state index contributed by atoms with van der Waals surface area (Å²) in [6.45, 7) is 5.49. The summed E-state index contributed by atoms with van der Waals surface area (Å²) in [7, 11) is 0. The van der Waals surface area contributed by atoms with Crippen LogP contribution in [0.1, 0.15) is 65.6 Å². The maximum atomic E-state index is 12.9.